The van der Waals surface area contributed by atoms with E-state index >= 15 is 0 Å². The van der Waals surface area contributed by atoms with E-state index in [9.17, 15) is 18.0 Å². The molecule has 0 atom stereocenters. The van der Waals surface area contributed by atoms with Crippen LogP contribution in [0.4, 0.5) is 13.2 Å². The third kappa shape index (κ3) is 3.86. The second-order valence-electron chi connectivity index (χ2n) is 6.62. The average Bonchev–Trinajstić information content (AvgIpc) is 3.12. The molecule has 0 saturated heterocycles. The Morgan fingerprint density at radius 2 is 1.77 bits per heavy atom. The van der Waals surface area contributed by atoms with Crippen LogP contribution in [0, 0.1) is 6.92 Å². The number of alkyl halides is 3. The highest BCUT2D eigenvalue weighted by atomic mass is 19.4. The minimum absolute atomic E-state index is 0.0563. The summed E-state index contributed by atoms with van der Waals surface area (Å²) in [6.45, 7) is 1.91. The summed E-state index contributed by atoms with van der Waals surface area (Å²) in [5.74, 6) is -1.22. The van der Waals surface area contributed by atoms with Crippen molar-refractivity contribution in [1.82, 2.24) is 20.3 Å². The number of rotatable bonds is 4. The maximum Gasteiger partial charge on any atom is 0.451 e. The highest BCUT2D eigenvalue weighted by Gasteiger charge is 2.34. The number of nitrogens with one attached hydrogen (secondary N) is 1. The average molecular weight is 412 g/mol. The zero-order valence-electron chi connectivity index (χ0n) is 15.7. The summed E-state index contributed by atoms with van der Waals surface area (Å²) in [5, 5.41) is 3.15. The molecule has 0 saturated carbocycles. The number of amides is 1. The molecule has 3 heterocycles. The number of fused-ring (bicyclic) bond motifs is 1. The molecule has 6 nitrogen and oxygen atoms in total. The van der Waals surface area contributed by atoms with Crippen molar-refractivity contribution >= 4 is 16.8 Å². The molecule has 30 heavy (non-hydrogen) atoms. The summed E-state index contributed by atoms with van der Waals surface area (Å²) in [7, 11) is 0. The molecule has 9 heteroatoms. The van der Waals surface area contributed by atoms with Gasteiger partial charge in [-0.15, -0.1) is 0 Å². The number of carbonyl (C=O) groups is 1. The predicted octanol–water partition coefficient (Wildman–Crippen LogP) is 4.54. The molecule has 1 N–H and O–H groups in total. The second-order valence-corrected chi connectivity index (χ2v) is 6.62. The highest BCUT2D eigenvalue weighted by molar-refractivity contribution is 6.07. The van der Waals surface area contributed by atoms with E-state index in [0.717, 1.165) is 23.5 Å². The predicted molar refractivity (Wildman–Crippen MR) is 102 cm³/mol. The quantitative estimate of drug-likeness (QED) is 0.532. The first-order chi connectivity index (χ1) is 14.3. The fraction of sp³-hybridized carbons (Fsp3) is 0.143. The van der Waals surface area contributed by atoms with Gasteiger partial charge < -0.3 is 9.73 Å². The van der Waals surface area contributed by atoms with Crippen molar-refractivity contribution in [2.24, 2.45) is 0 Å². The van der Waals surface area contributed by atoms with Gasteiger partial charge in [-0.25, -0.2) is 9.97 Å². The topological polar surface area (TPSA) is 80.9 Å². The molecular formula is C21H15F3N4O2. The van der Waals surface area contributed by atoms with Crippen LogP contribution in [0.15, 0.2) is 59.4 Å². The van der Waals surface area contributed by atoms with Crippen LogP contribution in [0.3, 0.4) is 0 Å². The second kappa shape index (κ2) is 7.58. The lowest BCUT2D eigenvalue weighted by atomic mass is 10.1. The molecule has 1 amide bonds. The van der Waals surface area contributed by atoms with Gasteiger partial charge in [-0.3, -0.25) is 9.78 Å². The molecule has 0 aliphatic rings. The Labute approximate surface area is 168 Å². The van der Waals surface area contributed by atoms with Crippen molar-refractivity contribution < 1.29 is 22.4 Å². The van der Waals surface area contributed by atoms with Crippen molar-refractivity contribution in [3.63, 3.8) is 0 Å². The number of benzene rings is 1. The fourth-order valence-corrected chi connectivity index (χ4v) is 2.90. The van der Waals surface area contributed by atoms with E-state index in [4.69, 9.17) is 4.42 Å². The smallest absolute Gasteiger partial charge is 0.448 e. The van der Waals surface area contributed by atoms with E-state index in [1.807, 2.05) is 31.2 Å². The van der Waals surface area contributed by atoms with E-state index in [0.29, 0.717) is 22.2 Å². The number of carbonyl (C=O) groups excluding carboxylic acids is 1. The van der Waals surface area contributed by atoms with Crippen LogP contribution < -0.4 is 5.32 Å². The summed E-state index contributed by atoms with van der Waals surface area (Å²) in [4.78, 5) is 23.6. The van der Waals surface area contributed by atoms with E-state index in [1.165, 1.54) is 0 Å². The normalized spacial score (nSPS) is 11.6. The SMILES string of the molecule is Cc1ccc(-c2oc(C(=O)NCc3cnc(C(F)(F)F)nc3)c3cccnc23)cc1. The Kier molecular flexibility index (Phi) is 4.94. The standard InChI is InChI=1S/C21H15F3N4O2/c1-12-4-6-14(7-5-12)17-16-15(3-2-8-25-16)18(30-17)19(29)26-9-13-10-27-20(28-11-13)21(22,23)24/h2-8,10-11H,9H2,1H3,(H,26,29). The minimum Gasteiger partial charge on any atom is -0.448 e. The van der Waals surface area contributed by atoms with Crippen molar-refractivity contribution in [3.8, 4) is 11.3 Å². The largest absolute Gasteiger partial charge is 0.451 e. The number of aryl methyl sites for hydroxylation is 1. The Hall–Kier alpha value is -3.75. The lowest BCUT2D eigenvalue weighted by molar-refractivity contribution is -0.145. The summed E-state index contributed by atoms with van der Waals surface area (Å²) >= 11 is 0. The number of furan rings is 1. The zero-order chi connectivity index (χ0) is 21.3. The molecule has 3 aromatic heterocycles. The van der Waals surface area contributed by atoms with Gasteiger partial charge in [-0.1, -0.05) is 29.8 Å². The monoisotopic (exact) mass is 412 g/mol. The molecule has 0 radical (unpaired) electrons. The maximum absolute atomic E-state index is 12.7. The van der Waals surface area contributed by atoms with Crippen LogP contribution in [0.25, 0.3) is 22.2 Å². The van der Waals surface area contributed by atoms with Crippen LogP contribution in [0.2, 0.25) is 0 Å². The molecule has 0 unspecified atom stereocenters. The van der Waals surface area contributed by atoms with Crippen LogP contribution in [-0.4, -0.2) is 20.9 Å². The first kappa shape index (κ1) is 19.6. The summed E-state index contributed by atoms with van der Waals surface area (Å²) in [6, 6.07) is 11.0. The van der Waals surface area contributed by atoms with E-state index in [1.54, 1.807) is 18.3 Å². The molecule has 4 aromatic rings. The Balaban J connectivity index is 1.58. The lowest BCUT2D eigenvalue weighted by Gasteiger charge is -2.06. The Morgan fingerprint density at radius 1 is 1.07 bits per heavy atom. The number of hydrogen-bond donors (Lipinski definition) is 1. The number of aromatic nitrogens is 3. The van der Waals surface area contributed by atoms with Gasteiger partial charge in [-0.2, -0.15) is 13.2 Å². The molecule has 152 valence electrons. The zero-order valence-corrected chi connectivity index (χ0v) is 15.7. The summed E-state index contributed by atoms with van der Waals surface area (Å²) < 4.78 is 43.5. The molecule has 0 aliphatic heterocycles. The van der Waals surface area contributed by atoms with E-state index < -0.39 is 17.9 Å². The van der Waals surface area contributed by atoms with Crippen LogP contribution >= 0.6 is 0 Å². The van der Waals surface area contributed by atoms with Crippen molar-refractivity contribution in [2.45, 2.75) is 19.6 Å². The van der Waals surface area contributed by atoms with Crippen molar-refractivity contribution in [2.75, 3.05) is 0 Å². The molecular weight excluding hydrogens is 397 g/mol. The van der Waals surface area contributed by atoms with E-state index in [2.05, 4.69) is 20.3 Å². The Bertz CT molecular complexity index is 1200. The van der Waals surface area contributed by atoms with Crippen LogP contribution in [0.5, 0.6) is 0 Å². The van der Waals surface area contributed by atoms with Gasteiger partial charge in [0.25, 0.3) is 5.91 Å². The minimum atomic E-state index is -4.62. The van der Waals surface area contributed by atoms with E-state index in [-0.39, 0.29) is 12.3 Å². The fourth-order valence-electron chi connectivity index (χ4n) is 2.90. The van der Waals surface area contributed by atoms with Crippen molar-refractivity contribution in [3.05, 3.63) is 77.7 Å². The van der Waals surface area contributed by atoms with Crippen LogP contribution in [0.1, 0.15) is 27.5 Å². The molecule has 0 aliphatic carbocycles. The third-order valence-electron chi connectivity index (χ3n) is 4.40. The van der Waals surface area contributed by atoms with Gasteiger partial charge >= 0.3 is 6.18 Å². The maximum atomic E-state index is 12.7. The van der Waals surface area contributed by atoms with Crippen LogP contribution in [-0.2, 0) is 12.7 Å². The molecule has 0 fully saturated rings. The molecule has 1 aromatic carbocycles. The highest BCUT2D eigenvalue weighted by Crippen LogP contribution is 2.32. The summed E-state index contributed by atoms with van der Waals surface area (Å²) in [5.41, 5.74) is 2.73. The first-order valence-corrected chi connectivity index (χ1v) is 8.94. The van der Waals surface area contributed by atoms with Gasteiger partial charge in [0, 0.05) is 36.3 Å². The first-order valence-electron chi connectivity index (χ1n) is 8.94. The molecule has 4 rings (SSSR count). The summed E-state index contributed by atoms with van der Waals surface area (Å²) in [6.07, 6.45) is -0.962. The lowest BCUT2D eigenvalue weighted by Crippen LogP contribution is -2.23. The molecule has 0 bridgehead atoms. The van der Waals surface area contributed by atoms with Gasteiger partial charge in [0.05, 0.1) is 5.39 Å². The van der Waals surface area contributed by atoms with Gasteiger partial charge in [0.15, 0.2) is 5.76 Å². The van der Waals surface area contributed by atoms with Gasteiger partial charge in [0.1, 0.15) is 5.52 Å². The van der Waals surface area contributed by atoms with Gasteiger partial charge in [-0.05, 0) is 19.1 Å². The van der Waals surface area contributed by atoms with Gasteiger partial charge in [0.2, 0.25) is 11.6 Å². The molecule has 0 spiro atoms. The Morgan fingerprint density at radius 3 is 2.43 bits per heavy atom. The third-order valence-corrected chi connectivity index (χ3v) is 4.40. The number of nitrogens with zero attached hydrogens (tertiary/aromatic N) is 3. The number of hydrogen-bond acceptors (Lipinski definition) is 5. The number of halogens is 3. The number of pyridine rings is 1. The van der Waals surface area contributed by atoms with Crippen molar-refractivity contribution in [1.29, 1.82) is 0 Å².